The molecule has 0 spiro atoms. The summed E-state index contributed by atoms with van der Waals surface area (Å²) in [6.45, 7) is 0. The number of benzene rings is 2. The molecule has 2 aromatic rings. The Kier molecular flexibility index (Phi) is 6.86. The van der Waals surface area contributed by atoms with Crippen LogP contribution in [0.3, 0.4) is 0 Å². The minimum Gasteiger partial charge on any atom is -0.478 e. The van der Waals surface area contributed by atoms with Crippen molar-refractivity contribution in [3.63, 3.8) is 0 Å². The standard InChI is InChI=1S/C22H28FNO3S2/c1-28(2,3)18-11-16(12-19(14-18)29(4,5)6)22(27)24-17-9-7-15(20(23)13-17)8-10-21(25)26/h7-14H,1-6H3,(H,24,27)(H,25,26)/b10-8+. The Balaban J connectivity index is 2.35. The van der Waals surface area contributed by atoms with Crippen molar-refractivity contribution in [2.75, 3.05) is 42.9 Å². The molecular weight excluding hydrogens is 409 g/mol. The van der Waals surface area contributed by atoms with Crippen LogP contribution in [0.1, 0.15) is 15.9 Å². The third-order valence-corrected chi connectivity index (χ3v) is 7.52. The van der Waals surface area contributed by atoms with E-state index in [-0.39, 0.29) is 11.5 Å². The highest BCUT2D eigenvalue weighted by atomic mass is 32.3. The zero-order valence-electron chi connectivity index (χ0n) is 17.6. The molecule has 0 bridgehead atoms. The van der Waals surface area contributed by atoms with Gasteiger partial charge in [-0.3, -0.25) is 4.79 Å². The van der Waals surface area contributed by atoms with E-state index >= 15 is 0 Å². The average molecular weight is 438 g/mol. The summed E-state index contributed by atoms with van der Waals surface area (Å²) in [5.74, 6) is -2.05. The van der Waals surface area contributed by atoms with Gasteiger partial charge in [0.05, 0.1) is 0 Å². The molecule has 0 radical (unpaired) electrons. The SMILES string of the molecule is CS(C)(C)c1cc(C(=O)Nc2ccc(/C=C/C(=O)O)c(F)c2)cc(S(C)(C)C)c1. The Morgan fingerprint density at radius 1 is 0.931 bits per heavy atom. The van der Waals surface area contributed by atoms with Crippen molar-refractivity contribution >= 4 is 43.7 Å². The number of hydrogen-bond acceptors (Lipinski definition) is 2. The van der Waals surface area contributed by atoms with Gasteiger partial charge < -0.3 is 10.4 Å². The van der Waals surface area contributed by atoms with Gasteiger partial charge in [-0.15, -0.1) is 0 Å². The molecule has 29 heavy (non-hydrogen) atoms. The number of carboxylic acids is 1. The van der Waals surface area contributed by atoms with E-state index in [1.807, 2.05) is 12.1 Å². The number of carboxylic acid groups (broad SMARTS) is 1. The fourth-order valence-electron chi connectivity index (χ4n) is 2.51. The van der Waals surface area contributed by atoms with Gasteiger partial charge in [0.15, 0.2) is 0 Å². The van der Waals surface area contributed by atoms with E-state index in [1.54, 1.807) is 6.07 Å². The minimum absolute atomic E-state index is 0.141. The molecule has 0 saturated carbocycles. The Hall–Kier alpha value is -2.25. The van der Waals surface area contributed by atoms with Gasteiger partial charge in [0.2, 0.25) is 0 Å². The van der Waals surface area contributed by atoms with Gasteiger partial charge in [0, 0.05) is 22.9 Å². The maximum atomic E-state index is 14.2. The van der Waals surface area contributed by atoms with Crippen LogP contribution >= 0.6 is 20.1 Å². The Morgan fingerprint density at radius 2 is 1.48 bits per heavy atom. The molecule has 0 heterocycles. The summed E-state index contributed by atoms with van der Waals surface area (Å²) in [6.07, 6.45) is 15.2. The number of hydrogen-bond donors (Lipinski definition) is 2. The van der Waals surface area contributed by atoms with Gasteiger partial charge in [0.1, 0.15) is 5.82 Å². The molecule has 0 aliphatic rings. The third kappa shape index (κ3) is 6.37. The monoisotopic (exact) mass is 437 g/mol. The molecule has 2 rings (SSSR count). The molecule has 0 saturated heterocycles. The summed E-state index contributed by atoms with van der Waals surface area (Å²) in [5.41, 5.74) is 1.01. The van der Waals surface area contributed by atoms with Crippen LogP contribution in [-0.2, 0) is 4.79 Å². The Labute approximate surface area is 174 Å². The van der Waals surface area contributed by atoms with E-state index in [2.05, 4.69) is 48.9 Å². The van der Waals surface area contributed by atoms with Crippen LogP contribution in [0.5, 0.6) is 0 Å². The molecule has 0 aliphatic carbocycles. The molecular formula is C22H28FNO3S2. The summed E-state index contributed by atoms with van der Waals surface area (Å²) < 4.78 is 14.2. The van der Waals surface area contributed by atoms with E-state index in [4.69, 9.17) is 5.11 Å². The molecule has 2 aromatic carbocycles. The van der Waals surface area contributed by atoms with Crippen molar-refractivity contribution in [1.82, 2.24) is 0 Å². The second kappa shape index (κ2) is 8.63. The average Bonchev–Trinajstić information content (AvgIpc) is 2.59. The highest BCUT2D eigenvalue weighted by Gasteiger charge is 2.18. The number of rotatable bonds is 6. The van der Waals surface area contributed by atoms with Crippen molar-refractivity contribution in [3.8, 4) is 0 Å². The Morgan fingerprint density at radius 3 is 1.93 bits per heavy atom. The van der Waals surface area contributed by atoms with E-state index in [1.165, 1.54) is 18.2 Å². The summed E-state index contributed by atoms with van der Waals surface area (Å²) in [6, 6.07) is 10.2. The first-order valence-corrected chi connectivity index (χ1v) is 14.5. The van der Waals surface area contributed by atoms with E-state index in [0.29, 0.717) is 11.3 Å². The predicted molar refractivity (Wildman–Crippen MR) is 125 cm³/mol. The third-order valence-electron chi connectivity index (χ3n) is 4.22. The van der Waals surface area contributed by atoms with Gasteiger partial charge >= 0.3 is 5.97 Å². The molecule has 0 aromatic heterocycles. The highest BCUT2D eigenvalue weighted by Crippen LogP contribution is 2.51. The van der Waals surface area contributed by atoms with Gasteiger partial charge in [0.25, 0.3) is 5.91 Å². The van der Waals surface area contributed by atoms with Gasteiger partial charge in [-0.05, 0) is 89.8 Å². The number of nitrogens with one attached hydrogen (secondary N) is 1. The molecule has 158 valence electrons. The summed E-state index contributed by atoms with van der Waals surface area (Å²) in [4.78, 5) is 25.8. The van der Waals surface area contributed by atoms with E-state index in [0.717, 1.165) is 15.9 Å². The van der Waals surface area contributed by atoms with Crippen molar-refractivity contribution in [2.45, 2.75) is 9.79 Å². The first-order valence-electron chi connectivity index (χ1n) is 8.81. The Bertz CT molecular complexity index is 941. The quantitative estimate of drug-likeness (QED) is 0.604. The largest absolute Gasteiger partial charge is 0.478 e. The maximum Gasteiger partial charge on any atom is 0.328 e. The second-order valence-electron chi connectivity index (χ2n) is 8.23. The van der Waals surface area contributed by atoms with Crippen LogP contribution in [0.2, 0.25) is 0 Å². The van der Waals surface area contributed by atoms with Crippen LogP contribution in [0.15, 0.2) is 52.3 Å². The predicted octanol–water partition coefficient (Wildman–Crippen LogP) is 5.28. The molecule has 4 nitrogen and oxygen atoms in total. The molecule has 7 heteroatoms. The lowest BCUT2D eigenvalue weighted by Gasteiger charge is -2.31. The van der Waals surface area contributed by atoms with Crippen LogP contribution in [0.4, 0.5) is 10.1 Å². The van der Waals surface area contributed by atoms with Crippen LogP contribution in [-0.4, -0.2) is 54.5 Å². The smallest absolute Gasteiger partial charge is 0.328 e. The first-order chi connectivity index (χ1) is 13.3. The van der Waals surface area contributed by atoms with Gasteiger partial charge in [-0.1, -0.05) is 0 Å². The summed E-state index contributed by atoms with van der Waals surface area (Å²) in [5, 5.41) is 11.4. The van der Waals surface area contributed by atoms with Crippen LogP contribution in [0.25, 0.3) is 6.08 Å². The van der Waals surface area contributed by atoms with Crippen molar-refractivity contribution in [3.05, 3.63) is 59.4 Å². The van der Waals surface area contributed by atoms with Gasteiger partial charge in [-0.2, -0.15) is 0 Å². The molecule has 1 amide bonds. The highest BCUT2D eigenvalue weighted by molar-refractivity contribution is 8.32. The molecule has 0 aliphatic heterocycles. The molecule has 0 atom stereocenters. The number of anilines is 1. The number of halogens is 1. The van der Waals surface area contributed by atoms with Crippen molar-refractivity contribution in [2.24, 2.45) is 0 Å². The van der Waals surface area contributed by atoms with Crippen molar-refractivity contribution in [1.29, 1.82) is 0 Å². The van der Waals surface area contributed by atoms with Gasteiger partial charge in [-0.25, -0.2) is 29.2 Å². The fourth-order valence-corrected chi connectivity index (χ4v) is 4.51. The number of amides is 1. The van der Waals surface area contributed by atoms with Crippen molar-refractivity contribution < 1.29 is 19.1 Å². The molecule has 0 fully saturated rings. The summed E-state index contributed by atoms with van der Waals surface area (Å²) >= 11 is 0. The minimum atomic E-state index is -1.15. The fraction of sp³-hybridized carbons (Fsp3) is 0.273. The lowest BCUT2D eigenvalue weighted by Crippen LogP contribution is -2.13. The first kappa shape index (κ1) is 23.0. The number of carbonyl (C=O) groups is 2. The second-order valence-corrected chi connectivity index (χ2v) is 16.5. The summed E-state index contributed by atoms with van der Waals surface area (Å²) in [7, 11) is -2.04. The normalized spacial score (nSPS) is 13.3. The lowest BCUT2D eigenvalue weighted by molar-refractivity contribution is -0.131. The zero-order valence-corrected chi connectivity index (χ0v) is 19.2. The zero-order chi connectivity index (χ0) is 22.0. The van der Waals surface area contributed by atoms with E-state index < -0.39 is 31.8 Å². The molecule has 0 unspecified atom stereocenters. The topological polar surface area (TPSA) is 66.4 Å². The lowest BCUT2D eigenvalue weighted by atomic mass is 10.1. The van der Waals surface area contributed by atoms with Crippen LogP contribution in [0, 0.1) is 5.82 Å². The number of aliphatic carboxylic acids is 1. The van der Waals surface area contributed by atoms with Crippen LogP contribution < -0.4 is 5.32 Å². The molecule has 2 N–H and O–H groups in total. The maximum absolute atomic E-state index is 14.2. The van der Waals surface area contributed by atoms with E-state index in [9.17, 15) is 14.0 Å². The number of carbonyl (C=O) groups excluding carboxylic acids is 1.